The van der Waals surface area contributed by atoms with Crippen molar-refractivity contribution in [1.82, 2.24) is 9.97 Å². The number of benzene rings is 2. The number of nitrogens with zero attached hydrogens (tertiary/aromatic N) is 3. The van der Waals surface area contributed by atoms with Gasteiger partial charge in [-0.3, -0.25) is 0 Å². The van der Waals surface area contributed by atoms with Gasteiger partial charge in [-0.15, -0.1) is 0 Å². The molecule has 25 heavy (non-hydrogen) atoms. The van der Waals surface area contributed by atoms with E-state index in [0.29, 0.717) is 29.7 Å². The summed E-state index contributed by atoms with van der Waals surface area (Å²) < 4.78 is 54.6. The van der Waals surface area contributed by atoms with Crippen molar-refractivity contribution >= 4 is 16.7 Å². The summed E-state index contributed by atoms with van der Waals surface area (Å²) in [6, 6.07) is 5.55. The number of aromatic nitrogens is 2. The molecule has 7 heteroatoms. The molecule has 1 atom stereocenters. The van der Waals surface area contributed by atoms with Crippen LogP contribution >= 0.6 is 0 Å². The average Bonchev–Trinajstić information content (AvgIpc) is 3.06. The van der Waals surface area contributed by atoms with Crippen LogP contribution in [0.1, 0.15) is 24.4 Å². The van der Waals surface area contributed by atoms with E-state index in [1.165, 1.54) is 24.5 Å². The van der Waals surface area contributed by atoms with Gasteiger partial charge in [0.05, 0.1) is 6.04 Å². The van der Waals surface area contributed by atoms with Crippen LogP contribution in [-0.4, -0.2) is 16.5 Å². The number of fused-ring (bicyclic) bond motifs is 1. The van der Waals surface area contributed by atoms with Gasteiger partial charge in [0.15, 0.2) is 11.6 Å². The highest BCUT2D eigenvalue weighted by atomic mass is 19.2. The van der Waals surface area contributed by atoms with Crippen LogP contribution in [0.2, 0.25) is 0 Å². The predicted octanol–water partition coefficient (Wildman–Crippen LogP) is 4.53. The zero-order valence-electron chi connectivity index (χ0n) is 13.0. The van der Waals surface area contributed by atoms with E-state index in [9.17, 15) is 17.6 Å². The smallest absolute Gasteiger partial charge is 0.185 e. The van der Waals surface area contributed by atoms with Gasteiger partial charge in [0.25, 0.3) is 0 Å². The quantitative estimate of drug-likeness (QED) is 0.638. The van der Waals surface area contributed by atoms with Crippen molar-refractivity contribution in [1.29, 1.82) is 0 Å². The van der Waals surface area contributed by atoms with Crippen molar-refractivity contribution < 1.29 is 17.6 Å². The Kier molecular flexibility index (Phi) is 3.78. The third kappa shape index (κ3) is 2.69. The molecule has 1 fully saturated rings. The first-order chi connectivity index (χ1) is 12.0. The van der Waals surface area contributed by atoms with Gasteiger partial charge in [0.2, 0.25) is 0 Å². The Balaban J connectivity index is 1.83. The van der Waals surface area contributed by atoms with Crippen LogP contribution in [-0.2, 0) is 0 Å². The van der Waals surface area contributed by atoms with Gasteiger partial charge in [0.1, 0.15) is 29.3 Å². The molecule has 1 aromatic heterocycles. The van der Waals surface area contributed by atoms with Crippen LogP contribution < -0.4 is 4.90 Å². The van der Waals surface area contributed by atoms with Crippen molar-refractivity contribution in [2.45, 2.75) is 18.9 Å². The SMILES string of the molecule is Fc1cc(F)cc(C2CCCN2c2ncnc3c(F)c(F)ccc23)c1. The Morgan fingerprint density at radius 1 is 0.960 bits per heavy atom. The minimum Gasteiger partial charge on any atom is -0.349 e. The van der Waals surface area contributed by atoms with Gasteiger partial charge in [-0.05, 0) is 42.7 Å². The van der Waals surface area contributed by atoms with Gasteiger partial charge >= 0.3 is 0 Å². The lowest BCUT2D eigenvalue weighted by Crippen LogP contribution is -2.24. The van der Waals surface area contributed by atoms with Crippen LogP contribution in [0.4, 0.5) is 23.4 Å². The third-order valence-corrected chi connectivity index (χ3v) is 4.47. The number of anilines is 1. The highest BCUT2D eigenvalue weighted by Gasteiger charge is 2.29. The van der Waals surface area contributed by atoms with Crippen LogP contribution in [0.25, 0.3) is 10.9 Å². The number of hydrogen-bond donors (Lipinski definition) is 0. The molecule has 2 aromatic carbocycles. The average molecular weight is 347 g/mol. The summed E-state index contributed by atoms with van der Waals surface area (Å²) in [5, 5.41) is 0.366. The second kappa shape index (κ2) is 5.98. The third-order valence-electron chi connectivity index (χ3n) is 4.47. The minimum atomic E-state index is -1.03. The van der Waals surface area contributed by atoms with Crippen LogP contribution in [0.3, 0.4) is 0 Å². The molecule has 0 aliphatic carbocycles. The summed E-state index contributed by atoms with van der Waals surface area (Å²) in [7, 11) is 0. The maximum Gasteiger partial charge on any atom is 0.185 e. The van der Waals surface area contributed by atoms with Gasteiger partial charge in [-0.1, -0.05) is 0 Å². The highest BCUT2D eigenvalue weighted by Crippen LogP contribution is 2.38. The van der Waals surface area contributed by atoms with E-state index in [2.05, 4.69) is 9.97 Å². The Labute approximate surface area is 140 Å². The largest absolute Gasteiger partial charge is 0.349 e. The minimum absolute atomic E-state index is 0.110. The fraction of sp³-hybridized carbons (Fsp3) is 0.222. The maximum absolute atomic E-state index is 14.0. The molecule has 0 radical (unpaired) electrons. The second-order valence-electron chi connectivity index (χ2n) is 6.01. The van der Waals surface area contributed by atoms with Crippen molar-refractivity contribution in [3.63, 3.8) is 0 Å². The van der Waals surface area contributed by atoms with Crippen LogP contribution in [0.5, 0.6) is 0 Å². The zero-order valence-corrected chi connectivity index (χ0v) is 13.0. The lowest BCUT2D eigenvalue weighted by atomic mass is 10.0. The molecule has 1 aliphatic heterocycles. The van der Waals surface area contributed by atoms with Crippen LogP contribution in [0, 0.1) is 23.3 Å². The first-order valence-electron chi connectivity index (χ1n) is 7.86. The summed E-state index contributed by atoms with van der Waals surface area (Å²) in [6.45, 7) is 0.591. The summed E-state index contributed by atoms with van der Waals surface area (Å²) >= 11 is 0. The van der Waals surface area contributed by atoms with Crippen molar-refractivity contribution in [3.8, 4) is 0 Å². The molecule has 0 saturated carbocycles. The topological polar surface area (TPSA) is 29.0 Å². The van der Waals surface area contributed by atoms with Crippen LogP contribution in [0.15, 0.2) is 36.7 Å². The Morgan fingerprint density at radius 2 is 1.72 bits per heavy atom. The lowest BCUT2D eigenvalue weighted by Gasteiger charge is -2.27. The van der Waals surface area contributed by atoms with E-state index in [1.807, 2.05) is 4.90 Å². The first-order valence-corrected chi connectivity index (χ1v) is 7.86. The summed E-state index contributed by atoms with van der Waals surface area (Å²) in [4.78, 5) is 9.90. The van der Waals surface area contributed by atoms with Crippen molar-refractivity contribution in [2.24, 2.45) is 0 Å². The zero-order chi connectivity index (χ0) is 17.6. The van der Waals surface area contributed by atoms with Gasteiger partial charge in [0, 0.05) is 18.0 Å². The Morgan fingerprint density at radius 3 is 2.48 bits per heavy atom. The molecule has 128 valence electrons. The second-order valence-corrected chi connectivity index (χ2v) is 6.01. The molecule has 0 amide bonds. The molecule has 0 spiro atoms. The van der Waals surface area contributed by atoms with E-state index in [4.69, 9.17) is 0 Å². The number of hydrogen-bond acceptors (Lipinski definition) is 3. The Bertz CT molecular complexity index is 940. The fourth-order valence-corrected chi connectivity index (χ4v) is 3.42. The molecule has 1 saturated heterocycles. The Hall–Kier alpha value is -2.70. The maximum atomic E-state index is 14.0. The van der Waals surface area contributed by atoms with E-state index < -0.39 is 23.3 Å². The van der Waals surface area contributed by atoms with Crippen molar-refractivity contribution in [2.75, 3.05) is 11.4 Å². The number of rotatable bonds is 2. The lowest BCUT2D eigenvalue weighted by molar-refractivity contribution is 0.515. The molecule has 4 rings (SSSR count). The molecule has 3 aromatic rings. The molecule has 1 aliphatic rings. The van der Waals surface area contributed by atoms with Gasteiger partial charge in [-0.25, -0.2) is 27.5 Å². The molecule has 0 N–H and O–H groups in total. The number of halogens is 4. The molecule has 0 bridgehead atoms. The summed E-state index contributed by atoms with van der Waals surface area (Å²) in [6.07, 6.45) is 2.64. The van der Waals surface area contributed by atoms with E-state index in [-0.39, 0.29) is 11.6 Å². The molecule has 1 unspecified atom stereocenters. The normalized spacial score (nSPS) is 17.4. The van der Waals surface area contributed by atoms with Crippen molar-refractivity contribution in [3.05, 3.63) is 65.5 Å². The fourth-order valence-electron chi connectivity index (χ4n) is 3.42. The molecule has 3 nitrogen and oxygen atoms in total. The molecular weight excluding hydrogens is 334 g/mol. The van der Waals surface area contributed by atoms with Gasteiger partial charge in [-0.2, -0.15) is 0 Å². The molecular formula is C18H13F4N3. The van der Waals surface area contributed by atoms with E-state index in [1.54, 1.807) is 0 Å². The highest BCUT2D eigenvalue weighted by molar-refractivity contribution is 5.90. The monoisotopic (exact) mass is 347 g/mol. The summed E-state index contributed by atoms with van der Waals surface area (Å²) in [5.41, 5.74) is 0.380. The van der Waals surface area contributed by atoms with E-state index in [0.717, 1.165) is 18.6 Å². The van der Waals surface area contributed by atoms with Gasteiger partial charge < -0.3 is 4.90 Å². The van der Waals surface area contributed by atoms with E-state index >= 15 is 0 Å². The molecule has 2 heterocycles. The summed E-state index contributed by atoms with van der Waals surface area (Å²) in [5.74, 6) is -2.89. The standard InChI is InChI=1S/C18H13F4N3/c19-11-6-10(7-12(20)8-11)15-2-1-5-25(15)18-13-3-4-14(21)16(22)17(13)23-9-24-18/h3-4,6-9,15H,1-2,5H2. The first kappa shape index (κ1) is 15.8. The predicted molar refractivity (Wildman–Crippen MR) is 85.1 cm³/mol.